The third-order valence-electron chi connectivity index (χ3n) is 4.13. The van der Waals surface area contributed by atoms with Crippen molar-refractivity contribution in [2.45, 2.75) is 19.9 Å². The minimum atomic E-state index is -0.220. The van der Waals surface area contributed by atoms with Gasteiger partial charge in [-0.2, -0.15) is 0 Å². The summed E-state index contributed by atoms with van der Waals surface area (Å²) >= 11 is 3.39. The smallest absolute Gasteiger partial charge is 0.243 e. The molecule has 2 rings (SSSR count). The van der Waals surface area contributed by atoms with Crippen molar-refractivity contribution in [3.8, 4) is 0 Å². The molecule has 0 saturated heterocycles. The van der Waals surface area contributed by atoms with Gasteiger partial charge in [-0.15, -0.1) is 0 Å². The second-order valence-corrected chi connectivity index (χ2v) is 7.19. The van der Waals surface area contributed by atoms with Crippen molar-refractivity contribution >= 4 is 33.4 Å². The first-order chi connectivity index (χ1) is 12.4. The summed E-state index contributed by atoms with van der Waals surface area (Å²) in [4.78, 5) is 25.9. The zero-order valence-corrected chi connectivity index (χ0v) is 16.8. The molecule has 6 heteroatoms. The molecular weight excluding hydrogens is 394 g/mol. The maximum Gasteiger partial charge on any atom is 0.243 e. The van der Waals surface area contributed by atoms with E-state index in [0.717, 1.165) is 21.3 Å². The highest BCUT2D eigenvalue weighted by atomic mass is 79.9. The van der Waals surface area contributed by atoms with E-state index in [1.165, 1.54) is 4.90 Å². The lowest BCUT2D eigenvalue weighted by molar-refractivity contribution is -0.132. The molecule has 2 aromatic carbocycles. The Labute approximate surface area is 162 Å². The predicted molar refractivity (Wildman–Crippen MR) is 108 cm³/mol. The number of halogens is 1. The summed E-state index contributed by atoms with van der Waals surface area (Å²) < 4.78 is 0.957. The predicted octanol–water partition coefficient (Wildman–Crippen LogP) is 3.51. The summed E-state index contributed by atoms with van der Waals surface area (Å²) in [7, 11) is 1.63. The highest BCUT2D eigenvalue weighted by molar-refractivity contribution is 9.10. The fraction of sp³-hybridized carbons (Fsp3) is 0.300. The van der Waals surface area contributed by atoms with Crippen LogP contribution in [0.2, 0.25) is 0 Å². The molecule has 0 aliphatic carbocycles. The minimum Gasteiger partial charge on any atom is -0.335 e. The van der Waals surface area contributed by atoms with Gasteiger partial charge >= 0.3 is 0 Å². The van der Waals surface area contributed by atoms with Crippen molar-refractivity contribution in [3.63, 3.8) is 0 Å². The number of carbonyl (C=O) groups is 2. The topological polar surface area (TPSA) is 61.4 Å². The molecule has 0 heterocycles. The summed E-state index contributed by atoms with van der Waals surface area (Å²) in [6.45, 7) is 4.11. The molecular formula is C20H24BrN3O2. The monoisotopic (exact) mass is 417 g/mol. The van der Waals surface area contributed by atoms with E-state index in [1.807, 2.05) is 62.4 Å². The molecule has 26 heavy (non-hydrogen) atoms. The highest BCUT2D eigenvalue weighted by Gasteiger charge is 2.15. The molecule has 2 aromatic rings. The lowest BCUT2D eigenvalue weighted by Gasteiger charge is -2.20. The number of hydrogen-bond acceptors (Lipinski definition) is 3. The van der Waals surface area contributed by atoms with Crippen LogP contribution in [-0.2, 0) is 9.59 Å². The van der Waals surface area contributed by atoms with Crippen LogP contribution in [0.4, 0.5) is 5.69 Å². The molecule has 0 saturated carbocycles. The Hall–Kier alpha value is -2.18. The van der Waals surface area contributed by atoms with Crippen molar-refractivity contribution in [2.24, 2.45) is 0 Å². The van der Waals surface area contributed by atoms with Crippen LogP contribution in [0.25, 0.3) is 0 Å². The maximum absolute atomic E-state index is 12.3. The number of nitrogens with zero attached hydrogens (tertiary/aromatic N) is 1. The van der Waals surface area contributed by atoms with Gasteiger partial charge in [0.25, 0.3) is 0 Å². The zero-order chi connectivity index (χ0) is 19.1. The van der Waals surface area contributed by atoms with Gasteiger partial charge in [-0.25, -0.2) is 0 Å². The van der Waals surface area contributed by atoms with Crippen molar-refractivity contribution in [1.29, 1.82) is 0 Å². The number of aryl methyl sites for hydroxylation is 1. The summed E-state index contributed by atoms with van der Waals surface area (Å²) in [6.07, 6.45) is 0. The molecule has 2 N–H and O–H groups in total. The Kier molecular flexibility index (Phi) is 7.36. The van der Waals surface area contributed by atoms with Crippen molar-refractivity contribution in [2.75, 3.05) is 25.5 Å². The Balaban J connectivity index is 1.81. The summed E-state index contributed by atoms with van der Waals surface area (Å²) in [5.41, 5.74) is 2.82. The molecule has 1 atom stereocenters. The van der Waals surface area contributed by atoms with E-state index in [1.54, 1.807) is 7.05 Å². The number of nitrogens with one attached hydrogen (secondary N) is 2. The SMILES string of the molecule is Cc1cc(Br)ccc1NC(=O)CN(C)C(=O)CN[C@H](C)c1ccccc1. The number of hydrogen-bond donors (Lipinski definition) is 2. The van der Waals surface area contributed by atoms with Crippen LogP contribution in [0.3, 0.4) is 0 Å². The molecule has 0 radical (unpaired) electrons. The standard InChI is InChI=1S/C20H24BrN3O2/c1-14-11-17(21)9-10-18(14)23-19(25)13-24(3)20(26)12-22-15(2)16-7-5-4-6-8-16/h4-11,15,22H,12-13H2,1-3H3,(H,23,25)/t15-/m1/s1. The summed E-state index contributed by atoms with van der Waals surface area (Å²) in [5.74, 6) is -0.349. The van der Waals surface area contributed by atoms with Crippen LogP contribution in [-0.4, -0.2) is 36.9 Å². The fourth-order valence-corrected chi connectivity index (χ4v) is 2.97. The van der Waals surface area contributed by atoms with E-state index in [0.29, 0.717) is 0 Å². The lowest BCUT2D eigenvalue weighted by Crippen LogP contribution is -2.40. The Bertz CT molecular complexity index is 765. The van der Waals surface area contributed by atoms with Crippen LogP contribution in [0.15, 0.2) is 53.0 Å². The Morgan fingerprint density at radius 1 is 1.15 bits per heavy atom. The highest BCUT2D eigenvalue weighted by Crippen LogP contribution is 2.19. The van der Waals surface area contributed by atoms with E-state index >= 15 is 0 Å². The second kappa shape index (κ2) is 9.50. The molecule has 0 spiro atoms. The van der Waals surface area contributed by atoms with Gasteiger partial charge in [-0.05, 0) is 43.2 Å². The number of likely N-dealkylation sites (N-methyl/N-ethyl adjacent to an activating group) is 1. The molecule has 138 valence electrons. The van der Waals surface area contributed by atoms with Crippen LogP contribution < -0.4 is 10.6 Å². The van der Waals surface area contributed by atoms with Gasteiger partial charge in [-0.3, -0.25) is 9.59 Å². The van der Waals surface area contributed by atoms with Gasteiger partial charge in [0.05, 0.1) is 13.1 Å². The van der Waals surface area contributed by atoms with Gasteiger partial charge in [-0.1, -0.05) is 46.3 Å². The van der Waals surface area contributed by atoms with E-state index in [2.05, 4.69) is 26.6 Å². The van der Waals surface area contributed by atoms with Crippen LogP contribution in [0.1, 0.15) is 24.1 Å². The third kappa shape index (κ3) is 5.97. The average molecular weight is 418 g/mol. The quantitative estimate of drug-likeness (QED) is 0.724. The minimum absolute atomic E-state index is 0.00966. The number of amides is 2. The van der Waals surface area contributed by atoms with Gasteiger partial charge in [0.2, 0.25) is 11.8 Å². The van der Waals surface area contributed by atoms with Crippen LogP contribution in [0, 0.1) is 6.92 Å². The third-order valence-corrected chi connectivity index (χ3v) is 4.62. The van der Waals surface area contributed by atoms with Crippen LogP contribution in [0.5, 0.6) is 0 Å². The molecule has 0 unspecified atom stereocenters. The second-order valence-electron chi connectivity index (χ2n) is 6.27. The zero-order valence-electron chi connectivity index (χ0n) is 15.3. The van der Waals surface area contributed by atoms with Gasteiger partial charge in [0.15, 0.2) is 0 Å². The first-order valence-corrected chi connectivity index (χ1v) is 9.24. The normalized spacial score (nSPS) is 11.7. The van der Waals surface area contributed by atoms with E-state index in [-0.39, 0.29) is 30.9 Å². The van der Waals surface area contributed by atoms with Crippen LogP contribution >= 0.6 is 15.9 Å². The maximum atomic E-state index is 12.3. The summed E-state index contributed by atoms with van der Waals surface area (Å²) in [5, 5.41) is 6.03. The first-order valence-electron chi connectivity index (χ1n) is 8.45. The number of rotatable bonds is 7. The number of anilines is 1. The lowest BCUT2D eigenvalue weighted by atomic mass is 10.1. The molecule has 0 aliphatic rings. The summed E-state index contributed by atoms with van der Waals surface area (Å²) in [6, 6.07) is 15.6. The van der Waals surface area contributed by atoms with Crippen molar-refractivity contribution < 1.29 is 9.59 Å². The van der Waals surface area contributed by atoms with Crippen molar-refractivity contribution in [3.05, 3.63) is 64.1 Å². The molecule has 0 fully saturated rings. The molecule has 0 aromatic heterocycles. The fourth-order valence-electron chi connectivity index (χ4n) is 2.50. The molecule has 0 aliphatic heterocycles. The molecule has 5 nitrogen and oxygen atoms in total. The van der Waals surface area contributed by atoms with Gasteiger partial charge < -0.3 is 15.5 Å². The Morgan fingerprint density at radius 2 is 1.85 bits per heavy atom. The van der Waals surface area contributed by atoms with E-state index < -0.39 is 0 Å². The molecule has 2 amide bonds. The largest absolute Gasteiger partial charge is 0.335 e. The number of benzene rings is 2. The van der Waals surface area contributed by atoms with Gasteiger partial charge in [0, 0.05) is 23.2 Å². The van der Waals surface area contributed by atoms with Crippen molar-refractivity contribution in [1.82, 2.24) is 10.2 Å². The van der Waals surface area contributed by atoms with E-state index in [9.17, 15) is 9.59 Å². The molecule has 0 bridgehead atoms. The first kappa shape index (κ1) is 20.1. The Morgan fingerprint density at radius 3 is 2.50 bits per heavy atom. The van der Waals surface area contributed by atoms with Gasteiger partial charge in [0.1, 0.15) is 0 Å². The average Bonchev–Trinajstić information content (AvgIpc) is 2.62. The number of carbonyl (C=O) groups excluding carboxylic acids is 2. The van der Waals surface area contributed by atoms with E-state index in [4.69, 9.17) is 0 Å².